The third-order valence-electron chi connectivity index (χ3n) is 4.57. The van der Waals surface area contributed by atoms with Crippen molar-refractivity contribution in [2.75, 3.05) is 29.9 Å². The third kappa shape index (κ3) is 3.43. The lowest BCUT2D eigenvalue weighted by Crippen LogP contribution is -2.43. The summed E-state index contributed by atoms with van der Waals surface area (Å²) in [6.07, 6.45) is 5.79. The van der Waals surface area contributed by atoms with Crippen LogP contribution in [-0.4, -0.2) is 40.3 Å². The van der Waals surface area contributed by atoms with Crippen LogP contribution in [0.5, 0.6) is 5.75 Å². The average molecular weight is 352 g/mol. The van der Waals surface area contributed by atoms with E-state index < -0.39 is 0 Å². The molecule has 3 heterocycles. The van der Waals surface area contributed by atoms with Crippen LogP contribution in [-0.2, 0) is 0 Å². The molecule has 1 aliphatic heterocycles. The SMILES string of the molecule is CCOc1ccc(Nc2cc(N3CCCC(N)C3)nn3ccnc23)cc1. The van der Waals surface area contributed by atoms with Gasteiger partial charge < -0.3 is 20.7 Å². The molecule has 1 atom stereocenters. The number of anilines is 3. The molecule has 0 saturated carbocycles. The molecule has 0 aliphatic carbocycles. The lowest BCUT2D eigenvalue weighted by Gasteiger charge is -2.31. The minimum atomic E-state index is 0.201. The number of hydrogen-bond acceptors (Lipinski definition) is 6. The van der Waals surface area contributed by atoms with E-state index in [4.69, 9.17) is 15.6 Å². The summed E-state index contributed by atoms with van der Waals surface area (Å²) in [4.78, 5) is 6.68. The lowest BCUT2D eigenvalue weighted by atomic mass is 10.1. The van der Waals surface area contributed by atoms with Gasteiger partial charge in [0.05, 0.1) is 12.3 Å². The van der Waals surface area contributed by atoms with Gasteiger partial charge in [0.1, 0.15) is 5.75 Å². The molecule has 1 aliphatic rings. The van der Waals surface area contributed by atoms with Gasteiger partial charge in [0.2, 0.25) is 0 Å². The molecule has 0 spiro atoms. The van der Waals surface area contributed by atoms with Crippen molar-refractivity contribution in [3.8, 4) is 5.75 Å². The summed E-state index contributed by atoms with van der Waals surface area (Å²) in [5, 5.41) is 8.15. The number of fused-ring (bicyclic) bond motifs is 1. The maximum absolute atomic E-state index is 6.14. The fraction of sp³-hybridized carbons (Fsp3) is 0.368. The number of imidazole rings is 1. The highest BCUT2D eigenvalue weighted by atomic mass is 16.5. The molecule has 7 nitrogen and oxygen atoms in total. The zero-order valence-corrected chi connectivity index (χ0v) is 14.9. The number of rotatable bonds is 5. The maximum Gasteiger partial charge on any atom is 0.177 e. The number of nitrogens with one attached hydrogen (secondary N) is 1. The van der Waals surface area contributed by atoms with Crippen molar-refractivity contribution in [1.82, 2.24) is 14.6 Å². The highest BCUT2D eigenvalue weighted by molar-refractivity contribution is 5.76. The van der Waals surface area contributed by atoms with Gasteiger partial charge in [-0.25, -0.2) is 9.50 Å². The van der Waals surface area contributed by atoms with Crippen molar-refractivity contribution in [1.29, 1.82) is 0 Å². The van der Waals surface area contributed by atoms with Crippen LogP contribution in [0.4, 0.5) is 17.2 Å². The Morgan fingerprint density at radius 1 is 1.31 bits per heavy atom. The van der Waals surface area contributed by atoms with Gasteiger partial charge in [-0.1, -0.05) is 0 Å². The minimum Gasteiger partial charge on any atom is -0.494 e. The van der Waals surface area contributed by atoms with Crippen molar-refractivity contribution >= 4 is 22.8 Å². The Kier molecular flexibility index (Phi) is 4.62. The molecular formula is C19H24N6O. The van der Waals surface area contributed by atoms with E-state index in [0.717, 1.165) is 54.5 Å². The molecule has 2 aromatic heterocycles. The lowest BCUT2D eigenvalue weighted by molar-refractivity contribution is 0.340. The van der Waals surface area contributed by atoms with E-state index in [1.54, 1.807) is 6.20 Å². The molecule has 1 aromatic carbocycles. The standard InChI is InChI=1S/C19H24N6O/c1-2-26-16-7-5-15(6-8-16)22-17-12-18(23-25-11-9-21-19(17)25)24-10-3-4-14(20)13-24/h5-9,11-12,14,22H,2-4,10,13,20H2,1H3. The second-order valence-corrected chi connectivity index (χ2v) is 6.54. The number of aromatic nitrogens is 3. The van der Waals surface area contributed by atoms with E-state index in [2.05, 4.69) is 21.3 Å². The highest BCUT2D eigenvalue weighted by Crippen LogP contribution is 2.27. The molecular weight excluding hydrogens is 328 g/mol. The van der Waals surface area contributed by atoms with Gasteiger partial charge >= 0.3 is 0 Å². The quantitative estimate of drug-likeness (QED) is 0.735. The number of piperidine rings is 1. The summed E-state index contributed by atoms with van der Waals surface area (Å²) < 4.78 is 7.32. The molecule has 0 bridgehead atoms. The highest BCUT2D eigenvalue weighted by Gasteiger charge is 2.19. The Morgan fingerprint density at radius 2 is 2.15 bits per heavy atom. The molecule has 0 radical (unpaired) electrons. The monoisotopic (exact) mass is 352 g/mol. The van der Waals surface area contributed by atoms with Gasteiger partial charge in [0.15, 0.2) is 11.5 Å². The molecule has 7 heteroatoms. The van der Waals surface area contributed by atoms with E-state index >= 15 is 0 Å². The first-order valence-electron chi connectivity index (χ1n) is 9.08. The predicted octanol–water partition coefficient (Wildman–Crippen LogP) is 2.80. The summed E-state index contributed by atoms with van der Waals surface area (Å²) in [5.74, 6) is 1.78. The number of nitrogens with two attached hydrogens (primary N) is 1. The first-order chi connectivity index (χ1) is 12.7. The first-order valence-corrected chi connectivity index (χ1v) is 9.08. The number of nitrogens with zero attached hydrogens (tertiary/aromatic N) is 4. The van der Waals surface area contributed by atoms with Crippen molar-refractivity contribution < 1.29 is 4.74 Å². The zero-order chi connectivity index (χ0) is 17.9. The molecule has 26 heavy (non-hydrogen) atoms. The van der Waals surface area contributed by atoms with Crippen molar-refractivity contribution in [2.24, 2.45) is 5.73 Å². The van der Waals surface area contributed by atoms with Gasteiger partial charge in [-0.05, 0) is 44.0 Å². The van der Waals surface area contributed by atoms with E-state index in [0.29, 0.717) is 6.61 Å². The molecule has 1 saturated heterocycles. The van der Waals surface area contributed by atoms with Crippen molar-refractivity contribution in [3.05, 3.63) is 42.7 Å². The summed E-state index contributed by atoms with van der Waals surface area (Å²) in [6.45, 7) is 4.44. The van der Waals surface area contributed by atoms with E-state index in [-0.39, 0.29) is 6.04 Å². The predicted molar refractivity (Wildman–Crippen MR) is 103 cm³/mol. The molecule has 4 rings (SSSR count). The molecule has 0 amide bonds. The third-order valence-corrected chi connectivity index (χ3v) is 4.57. The Labute approximate surface area is 152 Å². The van der Waals surface area contributed by atoms with Crippen molar-refractivity contribution in [2.45, 2.75) is 25.8 Å². The number of ether oxygens (including phenoxy) is 1. The maximum atomic E-state index is 6.14. The van der Waals surface area contributed by atoms with Crippen LogP contribution in [0.2, 0.25) is 0 Å². The Morgan fingerprint density at radius 3 is 2.92 bits per heavy atom. The van der Waals surface area contributed by atoms with Crippen LogP contribution < -0.4 is 20.7 Å². The van der Waals surface area contributed by atoms with Crippen LogP contribution in [0, 0.1) is 0 Å². The van der Waals surface area contributed by atoms with Crippen LogP contribution in [0.3, 0.4) is 0 Å². The number of hydrogen-bond donors (Lipinski definition) is 2. The summed E-state index contributed by atoms with van der Waals surface area (Å²) in [6, 6.07) is 10.2. The summed E-state index contributed by atoms with van der Waals surface area (Å²) >= 11 is 0. The van der Waals surface area contributed by atoms with Gasteiger partial charge in [-0.3, -0.25) is 0 Å². The smallest absolute Gasteiger partial charge is 0.177 e. The molecule has 3 aromatic rings. The molecule has 1 unspecified atom stereocenters. The summed E-state index contributed by atoms with van der Waals surface area (Å²) in [7, 11) is 0. The second kappa shape index (κ2) is 7.21. The number of benzene rings is 1. The van der Waals surface area contributed by atoms with Crippen molar-refractivity contribution in [3.63, 3.8) is 0 Å². The zero-order valence-electron chi connectivity index (χ0n) is 14.9. The van der Waals surface area contributed by atoms with Gasteiger partial charge in [0.25, 0.3) is 0 Å². The molecule has 3 N–H and O–H groups in total. The average Bonchev–Trinajstić information content (AvgIpc) is 3.12. The fourth-order valence-corrected chi connectivity index (χ4v) is 3.32. The van der Waals surface area contributed by atoms with Gasteiger partial charge in [-0.15, -0.1) is 5.10 Å². The van der Waals surface area contributed by atoms with Crippen LogP contribution in [0.15, 0.2) is 42.7 Å². The van der Waals surface area contributed by atoms with Gasteiger partial charge in [0, 0.05) is 43.3 Å². The summed E-state index contributed by atoms with van der Waals surface area (Å²) in [5.41, 5.74) is 8.83. The molecule has 1 fully saturated rings. The Hall–Kier alpha value is -2.80. The van der Waals surface area contributed by atoms with Crippen LogP contribution in [0.1, 0.15) is 19.8 Å². The Balaban J connectivity index is 1.64. The van der Waals surface area contributed by atoms with E-state index in [9.17, 15) is 0 Å². The largest absolute Gasteiger partial charge is 0.494 e. The Bertz CT molecular complexity index is 875. The second-order valence-electron chi connectivity index (χ2n) is 6.54. The topological polar surface area (TPSA) is 80.7 Å². The van der Waals surface area contributed by atoms with Crippen LogP contribution >= 0.6 is 0 Å². The fourth-order valence-electron chi connectivity index (χ4n) is 3.32. The molecule has 136 valence electrons. The normalized spacial score (nSPS) is 17.5. The minimum absolute atomic E-state index is 0.201. The van der Waals surface area contributed by atoms with Crippen LogP contribution in [0.25, 0.3) is 5.65 Å². The van der Waals surface area contributed by atoms with Gasteiger partial charge in [-0.2, -0.15) is 0 Å². The van der Waals surface area contributed by atoms with E-state index in [1.807, 2.05) is 41.9 Å². The first kappa shape index (κ1) is 16.7. The van der Waals surface area contributed by atoms with E-state index in [1.165, 1.54) is 0 Å².